The molecule has 0 fully saturated rings. The van der Waals surface area contributed by atoms with E-state index in [2.05, 4.69) is 10.4 Å². The van der Waals surface area contributed by atoms with E-state index in [0.717, 1.165) is 5.52 Å². The first-order chi connectivity index (χ1) is 10.8. The molecule has 0 aliphatic carbocycles. The summed E-state index contributed by atoms with van der Waals surface area (Å²) in [6.07, 6.45) is 0.515. The lowest BCUT2D eigenvalue weighted by molar-refractivity contribution is -0.125. The fourth-order valence-electron chi connectivity index (χ4n) is 2.51. The molecule has 0 atom stereocenters. The van der Waals surface area contributed by atoms with Gasteiger partial charge in [-0.15, -0.1) is 0 Å². The van der Waals surface area contributed by atoms with Crippen LogP contribution in [0, 0.1) is 5.82 Å². The quantitative estimate of drug-likeness (QED) is 0.826. The fourth-order valence-corrected chi connectivity index (χ4v) is 2.51. The number of imide groups is 1. The number of nitrogens with one attached hydrogen (secondary N) is 1. The molecule has 1 aromatic heterocycles. The molecule has 0 unspecified atom stereocenters. The Bertz CT molecular complexity index is 739. The second-order valence-corrected chi connectivity index (χ2v) is 5.85. The highest BCUT2D eigenvalue weighted by atomic mass is 19.1. The van der Waals surface area contributed by atoms with Gasteiger partial charge in [-0.1, -0.05) is 13.8 Å². The number of rotatable bonds is 6. The minimum Gasteiger partial charge on any atom is -0.357 e. The van der Waals surface area contributed by atoms with Crippen LogP contribution in [0.3, 0.4) is 0 Å². The average Bonchev–Trinajstić information content (AvgIpc) is 2.80. The Labute approximate surface area is 134 Å². The summed E-state index contributed by atoms with van der Waals surface area (Å²) < 4.78 is 16.0. The number of fused-ring (bicyclic) bond motifs is 1. The summed E-state index contributed by atoms with van der Waals surface area (Å²) in [5.41, 5.74) is 1.49. The molecule has 7 heteroatoms. The number of aromatic nitrogens is 2. The first-order valence-electron chi connectivity index (χ1n) is 7.45. The lowest BCUT2D eigenvalue weighted by Gasteiger charge is -2.16. The monoisotopic (exact) mass is 320 g/mol. The van der Waals surface area contributed by atoms with Crippen molar-refractivity contribution in [3.8, 4) is 0 Å². The van der Waals surface area contributed by atoms with Crippen molar-refractivity contribution in [2.24, 2.45) is 7.05 Å². The number of carbonyl (C=O) groups is 2. The molecule has 2 rings (SSSR count). The highest BCUT2D eigenvalue weighted by Gasteiger charge is 2.17. The zero-order valence-electron chi connectivity index (χ0n) is 13.8. The topological polar surface area (TPSA) is 67.2 Å². The van der Waals surface area contributed by atoms with Crippen LogP contribution in [0.5, 0.6) is 0 Å². The first-order valence-corrected chi connectivity index (χ1v) is 7.45. The normalized spacial score (nSPS) is 11.0. The highest BCUT2D eigenvalue weighted by molar-refractivity contribution is 5.92. The van der Waals surface area contributed by atoms with Crippen molar-refractivity contribution in [3.05, 3.63) is 23.5 Å². The molecule has 1 N–H and O–H groups in total. The van der Waals surface area contributed by atoms with Crippen molar-refractivity contribution < 1.29 is 14.0 Å². The molecule has 1 aromatic carbocycles. The third-order valence-electron chi connectivity index (χ3n) is 3.83. The minimum absolute atomic E-state index is 0.0857. The fraction of sp³-hybridized carbons (Fsp3) is 0.438. The van der Waals surface area contributed by atoms with E-state index in [1.54, 1.807) is 23.7 Å². The predicted octanol–water partition coefficient (Wildman–Crippen LogP) is 1.93. The van der Waals surface area contributed by atoms with Gasteiger partial charge in [0.25, 0.3) is 0 Å². The lowest BCUT2D eigenvalue weighted by atomic mass is 10.0. The van der Waals surface area contributed by atoms with Crippen LogP contribution in [-0.2, 0) is 16.6 Å². The van der Waals surface area contributed by atoms with Gasteiger partial charge in [-0.3, -0.25) is 19.6 Å². The second kappa shape index (κ2) is 6.76. The Balaban J connectivity index is 2.32. The number of hydrogen-bond acceptors (Lipinski definition) is 4. The van der Waals surface area contributed by atoms with Crippen LogP contribution in [0.15, 0.2) is 12.1 Å². The summed E-state index contributed by atoms with van der Waals surface area (Å²) >= 11 is 0. The Morgan fingerprint density at radius 2 is 2.17 bits per heavy atom. The first kappa shape index (κ1) is 16.9. The molecule has 6 nitrogen and oxygen atoms in total. The maximum Gasteiger partial charge on any atom is 0.228 e. The molecular formula is C16H21FN4O2. The minimum atomic E-state index is -0.361. The van der Waals surface area contributed by atoms with E-state index in [4.69, 9.17) is 0 Å². The molecule has 23 heavy (non-hydrogen) atoms. The van der Waals surface area contributed by atoms with Gasteiger partial charge >= 0.3 is 0 Å². The van der Waals surface area contributed by atoms with Gasteiger partial charge in [0.1, 0.15) is 5.82 Å². The van der Waals surface area contributed by atoms with Crippen LogP contribution in [0.2, 0.25) is 0 Å². The summed E-state index contributed by atoms with van der Waals surface area (Å²) in [5, 5.41) is 7.22. The molecule has 0 spiro atoms. The van der Waals surface area contributed by atoms with Gasteiger partial charge in [0, 0.05) is 32.4 Å². The van der Waals surface area contributed by atoms with Gasteiger partial charge in [0.05, 0.1) is 5.52 Å². The number of anilines is 1. The van der Waals surface area contributed by atoms with E-state index in [1.165, 1.54) is 6.07 Å². The van der Waals surface area contributed by atoms with Gasteiger partial charge in [-0.25, -0.2) is 4.39 Å². The Kier molecular flexibility index (Phi) is 4.98. The summed E-state index contributed by atoms with van der Waals surface area (Å²) in [6, 6.07) is 3.31. The van der Waals surface area contributed by atoms with Gasteiger partial charge in [0.2, 0.25) is 12.3 Å². The van der Waals surface area contributed by atoms with Crippen molar-refractivity contribution in [3.63, 3.8) is 0 Å². The number of aryl methyl sites for hydroxylation is 1. The molecule has 0 saturated carbocycles. The van der Waals surface area contributed by atoms with Crippen LogP contribution in [0.4, 0.5) is 10.2 Å². The Hall–Kier alpha value is -2.44. The summed E-state index contributed by atoms with van der Waals surface area (Å²) in [6.45, 7) is 4.26. The van der Waals surface area contributed by atoms with E-state index in [0.29, 0.717) is 29.7 Å². The van der Waals surface area contributed by atoms with E-state index in [-0.39, 0.29) is 24.1 Å². The van der Waals surface area contributed by atoms with Crippen LogP contribution >= 0.6 is 0 Å². The van der Waals surface area contributed by atoms with Gasteiger partial charge in [0.15, 0.2) is 5.82 Å². The van der Waals surface area contributed by atoms with E-state index >= 15 is 0 Å². The van der Waals surface area contributed by atoms with Crippen molar-refractivity contribution >= 4 is 29.0 Å². The maximum absolute atomic E-state index is 14.3. The van der Waals surface area contributed by atoms with Crippen LogP contribution in [0.25, 0.3) is 10.9 Å². The number of nitrogens with zero attached hydrogens (tertiary/aromatic N) is 3. The highest BCUT2D eigenvalue weighted by Crippen LogP contribution is 2.30. The molecular weight excluding hydrogens is 299 g/mol. The third kappa shape index (κ3) is 3.49. The largest absolute Gasteiger partial charge is 0.357 e. The van der Waals surface area contributed by atoms with E-state index in [9.17, 15) is 14.0 Å². The van der Waals surface area contributed by atoms with Crippen LogP contribution in [0.1, 0.15) is 31.7 Å². The number of carbonyl (C=O) groups excluding carboxylic acids is 2. The Morgan fingerprint density at radius 3 is 2.78 bits per heavy atom. The lowest BCUT2D eigenvalue weighted by Crippen LogP contribution is -2.28. The molecule has 2 amide bonds. The van der Waals surface area contributed by atoms with Crippen LogP contribution in [-0.4, -0.2) is 35.7 Å². The summed E-state index contributed by atoms with van der Waals surface area (Å²) in [7, 11) is 3.59. The number of hydrogen-bond donors (Lipinski definition) is 1. The standard InChI is InChI=1S/C16H21FN4O2/c1-10(2)11-8-14-12(7-13(11)17)16(19-21(14)4)20(3)6-5-15(23)18-9-22/h7-10H,5-6H2,1-4H3,(H,18,22,23). The predicted molar refractivity (Wildman–Crippen MR) is 86.9 cm³/mol. The van der Waals surface area contributed by atoms with Gasteiger partial charge < -0.3 is 4.90 Å². The van der Waals surface area contributed by atoms with Crippen molar-refractivity contribution in [1.29, 1.82) is 0 Å². The van der Waals surface area contributed by atoms with Crippen molar-refractivity contribution in [2.75, 3.05) is 18.5 Å². The molecule has 124 valence electrons. The summed E-state index contributed by atoms with van der Waals surface area (Å²) in [4.78, 5) is 23.4. The van der Waals surface area contributed by atoms with Gasteiger partial charge in [-0.05, 0) is 23.6 Å². The van der Waals surface area contributed by atoms with Crippen molar-refractivity contribution in [2.45, 2.75) is 26.2 Å². The smallest absolute Gasteiger partial charge is 0.228 e. The third-order valence-corrected chi connectivity index (χ3v) is 3.83. The summed E-state index contributed by atoms with van der Waals surface area (Å²) in [5.74, 6) is 0.0762. The molecule has 0 radical (unpaired) electrons. The molecule has 2 aromatic rings. The molecule has 0 saturated heterocycles. The number of amides is 2. The molecule has 0 bridgehead atoms. The SMILES string of the molecule is CC(C)c1cc2c(cc1F)c(N(C)CCC(=O)NC=O)nn2C. The maximum atomic E-state index is 14.3. The average molecular weight is 320 g/mol. The second-order valence-electron chi connectivity index (χ2n) is 5.85. The molecule has 0 aliphatic rings. The zero-order valence-corrected chi connectivity index (χ0v) is 13.8. The number of halogens is 1. The van der Waals surface area contributed by atoms with E-state index in [1.807, 2.05) is 19.9 Å². The zero-order chi connectivity index (χ0) is 17.1. The van der Waals surface area contributed by atoms with Gasteiger partial charge in [-0.2, -0.15) is 5.10 Å². The molecule has 1 heterocycles. The molecule has 0 aliphatic heterocycles. The van der Waals surface area contributed by atoms with E-state index < -0.39 is 0 Å². The Morgan fingerprint density at radius 1 is 1.48 bits per heavy atom. The van der Waals surface area contributed by atoms with Crippen molar-refractivity contribution in [1.82, 2.24) is 15.1 Å². The number of benzene rings is 1. The van der Waals surface area contributed by atoms with Crippen LogP contribution < -0.4 is 10.2 Å².